The molecule has 0 bridgehead atoms. The molecule has 103 heavy (non-hydrogen) atoms. The van der Waals surface area contributed by atoms with Crippen LogP contribution in [-0.4, -0.2) is 161 Å². The maximum absolute atomic E-state index is 11.6. The molecule has 0 aromatic carbocycles. The molecule has 0 spiro atoms. The Labute approximate surface area is 667 Å². The van der Waals surface area contributed by atoms with Crippen molar-refractivity contribution in [3.05, 3.63) is 41.9 Å². The van der Waals surface area contributed by atoms with E-state index in [4.69, 9.17) is 14.2 Å². The molecule has 0 aromatic rings. The largest absolute Gasteiger partial charge is 2.00 e. The van der Waals surface area contributed by atoms with Gasteiger partial charge in [-0.15, -0.1) is 8.58 Å². The summed E-state index contributed by atoms with van der Waals surface area (Å²) in [6.45, 7) is 40.7. The molecule has 0 aliphatic heterocycles. The van der Waals surface area contributed by atoms with Gasteiger partial charge in [0.2, 0.25) is 0 Å². The minimum atomic E-state index is -0.552. The maximum atomic E-state index is 11.6. The van der Waals surface area contributed by atoms with E-state index in [0.29, 0.717) is 51.6 Å². The van der Waals surface area contributed by atoms with Gasteiger partial charge in [0.05, 0.1) is 48.3 Å². The molecule has 2 unspecified atom stereocenters. The Morgan fingerprint density at radius 1 is 0.544 bits per heavy atom. The number of ether oxygens (including phenoxy) is 3. The number of fused-ring (bicyclic) bond motifs is 15. The Morgan fingerprint density at radius 3 is 1.11 bits per heavy atom. The van der Waals surface area contributed by atoms with Crippen molar-refractivity contribution in [2.24, 2.45) is 121 Å². The molecule has 12 aliphatic carbocycles. The van der Waals surface area contributed by atoms with Gasteiger partial charge in [-0.05, 0) is 353 Å². The Kier molecular flexibility index (Phi) is 38.3. The normalized spacial score (nSPS) is 42.1. The summed E-state index contributed by atoms with van der Waals surface area (Å²) in [5, 5.41) is 52.7. The number of carbonyl (C=O) groups is 1. The van der Waals surface area contributed by atoms with Crippen molar-refractivity contribution >= 4 is 61.3 Å². The summed E-state index contributed by atoms with van der Waals surface area (Å²) in [5.41, 5.74) is 4.15. The third-order valence-electron chi connectivity index (χ3n) is 31.7. The first-order valence-corrected chi connectivity index (χ1v) is 42.9. The number of hydrogen-bond acceptors (Lipinski definition) is 9. The van der Waals surface area contributed by atoms with Crippen LogP contribution in [0.15, 0.2) is 34.9 Å². The number of aliphatic hydroxyl groups is 5. The quantitative estimate of drug-likeness (QED) is 0.0369. The van der Waals surface area contributed by atoms with Crippen LogP contribution < -0.4 is 17.0 Å². The molecule has 12 rings (SSSR count). The fraction of sp³-hybridized carbons (Fsp3) is 0.909. The van der Waals surface area contributed by atoms with Gasteiger partial charge in [0.1, 0.15) is 5.78 Å². The third kappa shape index (κ3) is 20.7. The molecule has 9 saturated carbocycles. The average Bonchev–Trinajstić information content (AvgIpc) is 1.71. The second-order valence-electron chi connectivity index (χ2n) is 38.0. The Balaban J connectivity index is 0.000000377. The maximum Gasteiger partial charge on any atom is 2.00 e. The molecule has 585 valence electrons. The number of Topliss-reactive ketones (excluding diaryl/α,β-unsaturated/α-hetero) is 1. The van der Waals surface area contributed by atoms with Gasteiger partial charge in [-0.2, -0.15) is 6.92 Å². The van der Waals surface area contributed by atoms with Crippen LogP contribution >= 0.6 is 8.58 Å². The van der Waals surface area contributed by atoms with Crippen molar-refractivity contribution in [3.63, 3.8) is 0 Å². The van der Waals surface area contributed by atoms with Crippen LogP contribution in [0.5, 0.6) is 0 Å². The van der Waals surface area contributed by atoms with Crippen LogP contribution in [0.2, 0.25) is 0 Å². The molecule has 15 heteroatoms. The molecule has 7 radical (unpaired) electrons. The summed E-state index contributed by atoms with van der Waals surface area (Å²) >= 11 is 0. The van der Waals surface area contributed by atoms with Crippen molar-refractivity contribution in [1.29, 1.82) is 0 Å². The van der Waals surface area contributed by atoms with E-state index in [-0.39, 0.29) is 78.2 Å². The van der Waals surface area contributed by atoms with Crippen LogP contribution in [0.3, 0.4) is 0 Å². The number of allylic oxidation sites excluding steroid dienone is 3. The second kappa shape index (κ2) is 40.4. The van der Waals surface area contributed by atoms with Crippen molar-refractivity contribution in [2.75, 3.05) is 54.5 Å². The topological polar surface area (TPSA) is 146 Å². The number of aliphatic hydroxyl groups excluding tert-OH is 1. The molecule has 9 fully saturated rings. The summed E-state index contributed by atoms with van der Waals surface area (Å²) in [4.78, 5) is 11.6. The van der Waals surface area contributed by atoms with E-state index in [1.807, 2.05) is 55.9 Å². The van der Waals surface area contributed by atoms with E-state index < -0.39 is 22.4 Å². The number of methoxy groups -OCH3 is 3. The number of rotatable bonds is 19. The van der Waals surface area contributed by atoms with Gasteiger partial charge >= 0.3 is 23.1 Å². The van der Waals surface area contributed by atoms with E-state index >= 15 is 0 Å². The van der Waals surface area contributed by atoms with Crippen molar-refractivity contribution in [1.82, 2.24) is 0 Å². The van der Waals surface area contributed by atoms with Gasteiger partial charge in [0, 0.05) is 67.9 Å². The number of carbonyl (C=O) groups excluding carboxylic acids is 1. The minimum Gasteiger partial charge on any atom is -1.00 e. The van der Waals surface area contributed by atoms with Gasteiger partial charge in [-0.3, -0.25) is 0 Å². The van der Waals surface area contributed by atoms with E-state index in [0.717, 1.165) is 190 Å². The molecular formula is C88H156B3BrMgO9P. The average molecular weight is 1530 g/mol. The van der Waals surface area contributed by atoms with Crippen LogP contribution in [0, 0.1) is 128 Å². The summed E-state index contributed by atoms with van der Waals surface area (Å²) in [7, 11) is 14.7. The Bertz CT molecular complexity index is 2670. The fourth-order valence-corrected chi connectivity index (χ4v) is 26.6. The monoisotopic (exact) mass is 1520 g/mol. The summed E-state index contributed by atoms with van der Waals surface area (Å²) in [6.07, 6.45) is 42.4. The Morgan fingerprint density at radius 2 is 0.835 bits per heavy atom. The molecule has 12 aliphatic rings. The third-order valence-corrected chi connectivity index (χ3v) is 31.7. The predicted octanol–water partition coefficient (Wildman–Crippen LogP) is 16.1. The van der Waals surface area contributed by atoms with Gasteiger partial charge in [0.25, 0.3) is 0 Å². The standard InChI is InChI=1S/C29H50O3.C27H46O3.C27H44O3.C2H7P.C2H5.CH4.B2.B.BrH.Mg/c1-7-26(3,30)14-12-20(2)23-10-11-24-22-9-8-21-18-27(4,31)16-17-29(21,19-32-6)25(22)13-15-28(23,24)5;2*1-18(6-7-19(2)28)22-10-11-23-21-9-8-20-16-25(3,29)14-15-27(20,17-30-5)24(21)12-13-26(22,23)4;1-3-2;1-2;;1-2;;;/h8,20,22-25,30-31H,7,9-19H2,1-6H3;8,18-19,21-24,28-29H,6-7,9-17H2,1-5H3;8,18,21-24,29H,6-7,9-17H2,1-5H3;3H,1-2H3;1H2,2H3;1H4;;;1H;/q;;;;-1;;;;;+2/p-1/t20-,22+,23-,24+,25+,26?,27+,28-,29-;18-,19?,21+,22-,23+,24+,25+,26-,27-;18-,21+,22-,23+,24+,25+,26-,27-;;;;;;;/m111......./s1. The smallest absolute Gasteiger partial charge is 1.00 e. The van der Waals surface area contributed by atoms with Gasteiger partial charge in [-0.1, -0.05) is 90.8 Å². The SMILES string of the molecule is C.CCC(C)(O)CC[C@@H](C)[C@H]1CC[C@H]2[C@@H]3CC=C4C[C@@](C)(O)CC[C@]4(COC)[C@H]3CC[C@]12C.COC[C@]12CC[C@](C)(O)CC1=CC[C@@H]1[C@@H]2CC[C@]2(C)[C@@H]([C@H](C)CCC(C)=O)CC[C@@H]12.COC[C@]12CC[C@](C)(O)CC1=CC[C@@H]1[C@@H]2CC[C@]2(C)[C@@H]([C@H](C)CCC(C)O)CC[C@@H]12.CPC.[B].[B][B].[Br-].[CH2-]C.[Mg+2]. The molecule has 0 heterocycles. The second-order valence-corrected chi connectivity index (χ2v) is 39.0. The summed E-state index contributed by atoms with van der Waals surface area (Å²) in [5.74, 6) is 11.6. The van der Waals surface area contributed by atoms with Gasteiger partial charge < -0.3 is 68.4 Å². The van der Waals surface area contributed by atoms with Gasteiger partial charge in [0.15, 0.2) is 0 Å². The molecule has 0 amide bonds. The summed E-state index contributed by atoms with van der Waals surface area (Å²) < 4.78 is 17.6. The summed E-state index contributed by atoms with van der Waals surface area (Å²) in [6, 6.07) is 0. The van der Waals surface area contributed by atoms with E-state index in [1.165, 1.54) is 113 Å². The van der Waals surface area contributed by atoms with E-state index in [9.17, 15) is 30.3 Å². The van der Waals surface area contributed by atoms with Crippen molar-refractivity contribution in [3.8, 4) is 0 Å². The molecule has 9 nitrogen and oxygen atoms in total. The number of hydrogen-bond donors (Lipinski definition) is 5. The fourth-order valence-electron chi connectivity index (χ4n) is 26.6. The zero-order valence-electron chi connectivity index (χ0n) is 68.9. The van der Waals surface area contributed by atoms with Crippen LogP contribution in [0.1, 0.15) is 303 Å². The first-order valence-electron chi connectivity index (χ1n) is 40.9. The zero-order chi connectivity index (χ0) is 73.5. The van der Waals surface area contributed by atoms with E-state index in [2.05, 4.69) is 102 Å². The molecule has 0 saturated heterocycles. The van der Waals surface area contributed by atoms with Crippen LogP contribution in [0.4, 0.5) is 0 Å². The van der Waals surface area contributed by atoms with Crippen LogP contribution in [-0.2, 0) is 19.0 Å². The minimum absolute atomic E-state index is 0. The van der Waals surface area contributed by atoms with Crippen LogP contribution in [0.25, 0.3) is 0 Å². The number of ketones is 1. The van der Waals surface area contributed by atoms with Crippen molar-refractivity contribution in [2.45, 2.75) is 332 Å². The first-order chi connectivity index (χ1) is 46.6. The zero-order valence-corrected chi connectivity index (χ0v) is 72.9. The molecular weight excluding hydrogens is 1370 g/mol. The first kappa shape index (κ1) is 97.6. The van der Waals surface area contributed by atoms with E-state index in [1.54, 1.807) is 13.8 Å². The molecule has 0 aromatic heterocycles. The van der Waals surface area contributed by atoms with Gasteiger partial charge in [-0.25, -0.2) is 0 Å². The Hall–Kier alpha value is 0.441. The molecule has 5 N–H and O–H groups in total. The predicted molar refractivity (Wildman–Crippen MR) is 435 cm³/mol. The number of halogens is 1. The van der Waals surface area contributed by atoms with Crippen molar-refractivity contribution < 1.29 is 61.5 Å². The molecule has 26 atom stereocenters.